The van der Waals surface area contributed by atoms with E-state index in [1.54, 1.807) is 0 Å². The lowest BCUT2D eigenvalue weighted by atomic mass is 10.5. The van der Waals surface area contributed by atoms with Crippen molar-refractivity contribution in [2.24, 2.45) is 0 Å². The Morgan fingerprint density at radius 2 is 1.00 bits per heavy atom. The van der Waals surface area contributed by atoms with Crippen LogP contribution in [0.15, 0.2) is 0 Å². The third-order valence-corrected chi connectivity index (χ3v) is 10.1. The summed E-state index contributed by atoms with van der Waals surface area (Å²) >= 11 is 25.5. The molecule has 0 aliphatic heterocycles. The molecule has 0 rings (SSSR count). The molecule has 0 aromatic heterocycles. The van der Waals surface area contributed by atoms with E-state index < -0.39 is 0 Å². The van der Waals surface area contributed by atoms with Crippen molar-refractivity contribution in [2.75, 3.05) is 57.5 Å². The van der Waals surface area contributed by atoms with Crippen molar-refractivity contribution >= 4 is 97.6 Å². The van der Waals surface area contributed by atoms with Gasteiger partial charge in [0.1, 0.15) is 0 Å². The monoisotopic (exact) mass is 456 g/mol. The van der Waals surface area contributed by atoms with Crippen molar-refractivity contribution in [3.05, 3.63) is 0 Å². The van der Waals surface area contributed by atoms with Gasteiger partial charge in [0.25, 0.3) is 0 Å². The molecule has 0 heterocycles. The first-order valence-electron chi connectivity index (χ1n) is 7.60. The first kappa shape index (κ1) is 27.0. The second-order valence-corrected chi connectivity index (χ2v) is 10.7. The fraction of sp³-hybridized carbons (Fsp3) is 1.00. The normalized spacial score (nSPS) is 13.4. The lowest BCUT2D eigenvalue weighted by Gasteiger charge is -2.14. The summed E-state index contributed by atoms with van der Waals surface area (Å²) in [6, 6.07) is 0. The SMILES string of the molecule is CC.SCCSC(CS)CSCCSCC(CS)SCCS. The number of hydrogen-bond acceptors (Lipinski definition) is 8. The third kappa shape index (κ3) is 19.1. The highest BCUT2D eigenvalue weighted by atomic mass is 32.2. The van der Waals surface area contributed by atoms with E-state index in [1.807, 2.05) is 37.4 Å². The van der Waals surface area contributed by atoms with E-state index in [4.69, 9.17) is 0 Å². The Hall–Kier alpha value is 2.80. The smallest absolute Gasteiger partial charge is 0.0226 e. The summed E-state index contributed by atoms with van der Waals surface area (Å²) in [5, 5.41) is 1.35. The number of thiol groups is 4. The highest BCUT2D eigenvalue weighted by Crippen LogP contribution is 2.21. The molecule has 2 unspecified atom stereocenters. The molecule has 0 spiro atoms. The van der Waals surface area contributed by atoms with E-state index in [0.29, 0.717) is 10.5 Å². The molecular formula is C14H32S8. The molecule has 0 fully saturated rings. The average molecular weight is 457 g/mol. The number of rotatable bonds is 15. The Kier molecular flexibility index (Phi) is 29.2. The maximum Gasteiger partial charge on any atom is 0.0226 e. The molecule has 22 heavy (non-hydrogen) atoms. The summed E-state index contributed by atoms with van der Waals surface area (Å²) in [7, 11) is 0. The first-order chi connectivity index (χ1) is 10.8. The van der Waals surface area contributed by atoms with Gasteiger partial charge in [-0.25, -0.2) is 0 Å². The van der Waals surface area contributed by atoms with Crippen molar-refractivity contribution in [2.45, 2.75) is 24.3 Å². The van der Waals surface area contributed by atoms with Gasteiger partial charge >= 0.3 is 0 Å². The van der Waals surface area contributed by atoms with E-state index in [2.05, 4.69) is 74.0 Å². The Morgan fingerprint density at radius 3 is 1.27 bits per heavy atom. The first-order valence-corrected chi connectivity index (χ1v) is 14.5. The van der Waals surface area contributed by atoms with Crippen LogP contribution in [0.4, 0.5) is 0 Å². The molecule has 0 amide bonds. The van der Waals surface area contributed by atoms with Gasteiger partial charge in [-0.15, -0.1) is 0 Å². The predicted molar refractivity (Wildman–Crippen MR) is 134 cm³/mol. The van der Waals surface area contributed by atoms with Crippen molar-refractivity contribution in [1.82, 2.24) is 0 Å². The van der Waals surface area contributed by atoms with E-state index in [-0.39, 0.29) is 0 Å². The quantitative estimate of drug-likeness (QED) is 0.192. The summed E-state index contributed by atoms with van der Waals surface area (Å²) in [4.78, 5) is 0. The average Bonchev–Trinajstić information content (AvgIpc) is 2.58. The van der Waals surface area contributed by atoms with Crippen LogP contribution < -0.4 is 0 Å². The van der Waals surface area contributed by atoms with Crippen molar-refractivity contribution in [3.63, 3.8) is 0 Å². The minimum absolute atomic E-state index is 0.677. The maximum atomic E-state index is 4.42. The van der Waals surface area contributed by atoms with Gasteiger partial charge in [-0.05, 0) is 11.5 Å². The molecule has 0 saturated heterocycles. The van der Waals surface area contributed by atoms with Crippen LogP contribution in [0.1, 0.15) is 13.8 Å². The van der Waals surface area contributed by atoms with Gasteiger partial charge in [-0.1, -0.05) is 13.8 Å². The van der Waals surface area contributed by atoms with E-state index >= 15 is 0 Å². The summed E-state index contributed by atoms with van der Waals surface area (Å²) in [5.74, 6) is 11.1. The largest absolute Gasteiger partial charge is 0.179 e. The molecule has 136 valence electrons. The summed E-state index contributed by atoms with van der Waals surface area (Å²) in [6.45, 7) is 4.00. The zero-order valence-corrected chi connectivity index (χ0v) is 20.5. The lowest BCUT2D eigenvalue weighted by molar-refractivity contribution is 1.14. The Morgan fingerprint density at radius 1 is 0.636 bits per heavy atom. The van der Waals surface area contributed by atoms with Crippen LogP contribution in [0, 0.1) is 0 Å². The topological polar surface area (TPSA) is 0 Å². The Bertz CT molecular complexity index is 174. The molecule has 0 N–H and O–H groups in total. The van der Waals surface area contributed by atoms with Gasteiger partial charge in [-0.3, -0.25) is 0 Å². The van der Waals surface area contributed by atoms with Crippen LogP contribution >= 0.6 is 97.6 Å². The molecule has 8 heteroatoms. The van der Waals surface area contributed by atoms with Gasteiger partial charge in [0.05, 0.1) is 0 Å². The van der Waals surface area contributed by atoms with Crippen molar-refractivity contribution in [1.29, 1.82) is 0 Å². The molecule has 0 aromatic rings. The zero-order valence-electron chi connectivity index (χ0n) is 13.6. The minimum Gasteiger partial charge on any atom is -0.179 e. The van der Waals surface area contributed by atoms with Crippen molar-refractivity contribution in [3.8, 4) is 0 Å². The van der Waals surface area contributed by atoms with Gasteiger partial charge < -0.3 is 0 Å². The van der Waals surface area contributed by atoms with E-state index in [9.17, 15) is 0 Å². The Labute approximate surface area is 178 Å². The van der Waals surface area contributed by atoms with Gasteiger partial charge in [-0.2, -0.15) is 97.6 Å². The predicted octanol–water partition coefficient (Wildman–Crippen LogP) is 5.40. The molecule has 0 aliphatic carbocycles. The highest BCUT2D eigenvalue weighted by molar-refractivity contribution is 8.06. The van der Waals surface area contributed by atoms with Crippen LogP contribution in [0.5, 0.6) is 0 Å². The van der Waals surface area contributed by atoms with E-state index in [0.717, 1.165) is 34.5 Å². The summed E-state index contributed by atoms with van der Waals surface area (Å²) in [5.41, 5.74) is 0. The van der Waals surface area contributed by atoms with Crippen LogP contribution in [-0.4, -0.2) is 68.0 Å². The number of hydrogen-bond donors (Lipinski definition) is 4. The lowest BCUT2D eigenvalue weighted by Crippen LogP contribution is -2.12. The second kappa shape index (κ2) is 23.8. The minimum atomic E-state index is 0.677. The molecule has 0 aromatic carbocycles. The van der Waals surface area contributed by atoms with Crippen LogP contribution in [0.3, 0.4) is 0 Å². The maximum absolute atomic E-state index is 4.42. The molecule has 2 atom stereocenters. The zero-order chi connectivity index (χ0) is 17.1. The summed E-state index contributed by atoms with van der Waals surface area (Å²) in [6.07, 6.45) is 0. The van der Waals surface area contributed by atoms with Crippen LogP contribution in [-0.2, 0) is 0 Å². The standard InChI is InChI=1S/C12H26S8.C2H6/c13-1-3-19-11(7-15)9-17-5-6-18-10-12(8-16)20-4-2-14;1-2/h11-16H,1-10H2;1-2H3. The highest BCUT2D eigenvalue weighted by Gasteiger charge is 2.08. The molecular weight excluding hydrogens is 425 g/mol. The molecule has 0 saturated carbocycles. The van der Waals surface area contributed by atoms with Crippen LogP contribution in [0.25, 0.3) is 0 Å². The molecule has 0 bridgehead atoms. The Balaban J connectivity index is 0. The fourth-order valence-electron chi connectivity index (χ4n) is 1.29. The van der Waals surface area contributed by atoms with Crippen molar-refractivity contribution < 1.29 is 0 Å². The van der Waals surface area contributed by atoms with E-state index in [1.165, 1.54) is 23.0 Å². The number of thioether (sulfide) groups is 4. The summed E-state index contributed by atoms with van der Waals surface area (Å²) < 4.78 is 0. The third-order valence-electron chi connectivity index (χ3n) is 2.28. The van der Waals surface area contributed by atoms with Gasteiger partial charge in [0.15, 0.2) is 0 Å². The van der Waals surface area contributed by atoms with Crippen LogP contribution in [0.2, 0.25) is 0 Å². The van der Waals surface area contributed by atoms with Gasteiger partial charge in [0.2, 0.25) is 0 Å². The molecule has 0 radical (unpaired) electrons. The fourth-order valence-corrected chi connectivity index (χ4v) is 7.64. The van der Waals surface area contributed by atoms with Gasteiger partial charge in [0, 0.05) is 56.5 Å². The molecule has 0 aliphatic rings. The second-order valence-electron chi connectivity index (χ2n) is 3.95. The molecule has 0 nitrogen and oxygen atoms in total.